The Morgan fingerprint density at radius 2 is 1.40 bits per heavy atom. The van der Waals surface area contributed by atoms with Gasteiger partial charge in [-0.05, 0) is 40.4 Å². The van der Waals surface area contributed by atoms with Crippen LogP contribution in [0.4, 0.5) is 0 Å². The predicted octanol–water partition coefficient (Wildman–Crippen LogP) is 5.53. The van der Waals surface area contributed by atoms with Crippen LogP contribution in [0.15, 0.2) is 12.1 Å². The number of aromatic hydroxyl groups is 1. The van der Waals surface area contributed by atoms with Gasteiger partial charge in [-0.25, -0.2) is 0 Å². The first-order chi connectivity index (χ1) is 9.07. The number of hydrogen-bond donors (Lipinski definition) is 1. The van der Waals surface area contributed by atoms with Gasteiger partial charge in [0.2, 0.25) is 0 Å². The quantitative estimate of drug-likeness (QED) is 0.716. The van der Waals surface area contributed by atoms with Crippen LogP contribution in [-0.4, -0.2) is 5.11 Å². The van der Waals surface area contributed by atoms with Gasteiger partial charge < -0.3 is 5.11 Å². The fourth-order valence-corrected chi connectivity index (χ4v) is 2.43. The van der Waals surface area contributed by atoms with Crippen molar-refractivity contribution in [2.75, 3.05) is 0 Å². The first-order valence-electron chi connectivity index (χ1n) is 7.76. The zero-order chi connectivity index (χ0) is 15.6. The summed E-state index contributed by atoms with van der Waals surface area (Å²) in [6, 6.07) is 4.35. The van der Waals surface area contributed by atoms with Crippen LogP contribution in [-0.2, 0) is 17.3 Å². The number of unbranched alkanes of at least 4 members (excludes halogenated alkanes) is 2. The lowest BCUT2D eigenvalue weighted by Gasteiger charge is -2.28. The van der Waals surface area contributed by atoms with Gasteiger partial charge in [0.1, 0.15) is 5.75 Å². The molecule has 0 spiro atoms. The summed E-state index contributed by atoms with van der Waals surface area (Å²) in [4.78, 5) is 0. The van der Waals surface area contributed by atoms with Crippen molar-refractivity contribution in [1.82, 2.24) is 0 Å². The molecule has 0 heterocycles. The van der Waals surface area contributed by atoms with Crippen molar-refractivity contribution in [2.24, 2.45) is 0 Å². The van der Waals surface area contributed by atoms with Crippen LogP contribution < -0.4 is 0 Å². The van der Waals surface area contributed by atoms with Crippen molar-refractivity contribution in [2.45, 2.75) is 78.6 Å². The first-order valence-corrected chi connectivity index (χ1v) is 7.76. The number of hydrogen-bond acceptors (Lipinski definition) is 1. The van der Waals surface area contributed by atoms with E-state index in [-0.39, 0.29) is 10.8 Å². The molecule has 1 aromatic rings. The Morgan fingerprint density at radius 3 is 1.75 bits per heavy atom. The summed E-state index contributed by atoms with van der Waals surface area (Å²) in [5, 5.41) is 10.6. The molecular formula is C19H31O. The van der Waals surface area contributed by atoms with E-state index in [9.17, 15) is 5.11 Å². The highest BCUT2D eigenvalue weighted by Gasteiger charge is 2.26. The summed E-state index contributed by atoms with van der Waals surface area (Å²) in [5.41, 5.74) is 3.36. The zero-order valence-electron chi connectivity index (χ0n) is 14.3. The van der Waals surface area contributed by atoms with Crippen molar-refractivity contribution in [1.29, 1.82) is 0 Å². The first kappa shape index (κ1) is 17.1. The molecule has 0 saturated carbocycles. The van der Waals surface area contributed by atoms with E-state index in [0.717, 1.165) is 24.0 Å². The maximum Gasteiger partial charge on any atom is 0.123 e. The number of phenolic OH excluding ortho intramolecular Hbond substituents is 1. The Hall–Kier alpha value is -0.980. The fraction of sp³-hybridized carbons (Fsp3) is 0.632. The minimum Gasteiger partial charge on any atom is -0.507 e. The number of benzene rings is 1. The Balaban J connectivity index is 3.28. The molecule has 0 aromatic heterocycles. The highest BCUT2D eigenvalue weighted by Crippen LogP contribution is 2.39. The van der Waals surface area contributed by atoms with E-state index in [1.807, 2.05) is 0 Å². The molecule has 0 bridgehead atoms. The van der Waals surface area contributed by atoms with E-state index in [0.29, 0.717) is 5.75 Å². The van der Waals surface area contributed by atoms with Crippen LogP contribution in [0, 0.1) is 6.42 Å². The second kappa shape index (κ2) is 6.20. The molecule has 0 aliphatic rings. The van der Waals surface area contributed by atoms with Gasteiger partial charge in [-0.15, -0.1) is 0 Å². The Bertz CT molecular complexity index is 409. The lowest BCUT2D eigenvalue weighted by Crippen LogP contribution is -2.18. The molecule has 113 valence electrons. The molecular weight excluding hydrogens is 244 g/mol. The van der Waals surface area contributed by atoms with Gasteiger partial charge >= 0.3 is 0 Å². The van der Waals surface area contributed by atoms with Gasteiger partial charge in [-0.1, -0.05) is 73.4 Å². The molecule has 20 heavy (non-hydrogen) atoms. The zero-order valence-corrected chi connectivity index (χ0v) is 14.3. The van der Waals surface area contributed by atoms with E-state index < -0.39 is 0 Å². The van der Waals surface area contributed by atoms with E-state index in [4.69, 9.17) is 0 Å². The molecule has 0 unspecified atom stereocenters. The average molecular weight is 275 g/mol. The Labute approximate surface area is 125 Å². The Morgan fingerprint density at radius 1 is 0.950 bits per heavy atom. The van der Waals surface area contributed by atoms with Gasteiger partial charge in [-0.2, -0.15) is 0 Å². The SMILES string of the molecule is CCC[CH]Cc1cc(C(C)(C)C)c(O)c(C(C)(C)C)c1. The monoisotopic (exact) mass is 275 g/mol. The summed E-state index contributed by atoms with van der Waals surface area (Å²) in [5.74, 6) is 0.476. The van der Waals surface area contributed by atoms with Crippen molar-refractivity contribution >= 4 is 0 Å². The molecule has 0 saturated heterocycles. The third-order valence-electron chi connectivity index (χ3n) is 3.66. The minimum atomic E-state index is -0.0369. The summed E-state index contributed by atoms with van der Waals surface area (Å²) in [6.45, 7) is 15.2. The van der Waals surface area contributed by atoms with E-state index in [1.54, 1.807) is 0 Å². The van der Waals surface area contributed by atoms with Gasteiger partial charge in [0.15, 0.2) is 0 Å². The second-order valence-electron chi connectivity index (χ2n) is 7.82. The molecule has 1 aromatic carbocycles. The third-order valence-corrected chi connectivity index (χ3v) is 3.66. The number of rotatable bonds is 4. The van der Waals surface area contributed by atoms with Gasteiger partial charge in [-0.3, -0.25) is 0 Å². The lowest BCUT2D eigenvalue weighted by atomic mass is 9.78. The molecule has 0 fully saturated rings. The molecule has 1 rings (SSSR count). The molecule has 1 nitrogen and oxygen atoms in total. The van der Waals surface area contributed by atoms with Crippen molar-refractivity contribution < 1.29 is 5.11 Å². The molecule has 1 N–H and O–H groups in total. The van der Waals surface area contributed by atoms with E-state index in [1.165, 1.54) is 12.0 Å². The van der Waals surface area contributed by atoms with Gasteiger partial charge in [0.05, 0.1) is 0 Å². The van der Waals surface area contributed by atoms with E-state index in [2.05, 4.69) is 67.0 Å². The standard InChI is InChI=1S/C19H31O/c1-8-9-10-11-14-12-15(18(2,3)4)17(20)16(13-14)19(5,6)7/h10,12-13,20H,8-9,11H2,1-7H3. The van der Waals surface area contributed by atoms with Crippen molar-refractivity contribution in [3.05, 3.63) is 35.2 Å². The molecule has 0 atom stereocenters. The van der Waals surface area contributed by atoms with Crippen LogP contribution in [0.3, 0.4) is 0 Å². The highest BCUT2D eigenvalue weighted by molar-refractivity contribution is 5.50. The third kappa shape index (κ3) is 4.26. The summed E-state index contributed by atoms with van der Waals surface area (Å²) < 4.78 is 0. The van der Waals surface area contributed by atoms with Crippen molar-refractivity contribution in [3.63, 3.8) is 0 Å². The largest absolute Gasteiger partial charge is 0.507 e. The Kier molecular flexibility index (Phi) is 5.29. The molecule has 0 amide bonds. The van der Waals surface area contributed by atoms with E-state index >= 15 is 0 Å². The van der Waals surface area contributed by atoms with Gasteiger partial charge in [0.25, 0.3) is 0 Å². The van der Waals surface area contributed by atoms with Crippen LogP contribution in [0.2, 0.25) is 0 Å². The summed E-state index contributed by atoms with van der Waals surface area (Å²) >= 11 is 0. The van der Waals surface area contributed by atoms with Crippen LogP contribution in [0.25, 0.3) is 0 Å². The number of phenols is 1. The summed E-state index contributed by atoms with van der Waals surface area (Å²) in [7, 11) is 0. The highest BCUT2D eigenvalue weighted by atomic mass is 16.3. The molecule has 0 aliphatic heterocycles. The van der Waals surface area contributed by atoms with Crippen molar-refractivity contribution in [3.8, 4) is 5.75 Å². The molecule has 1 heteroatoms. The topological polar surface area (TPSA) is 20.2 Å². The second-order valence-corrected chi connectivity index (χ2v) is 7.82. The van der Waals surface area contributed by atoms with Gasteiger partial charge in [0, 0.05) is 0 Å². The van der Waals surface area contributed by atoms with Crippen LogP contribution in [0.5, 0.6) is 5.75 Å². The summed E-state index contributed by atoms with van der Waals surface area (Å²) in [6.07, 6.45) is 5.67. The lowest BCUT2D eigenvalue weighted by molar-refractivity contribution is 0.422. The fourth-order valence-electron chi connectivity index (χ4n) is 2.43. The maximum absolute atomic E-state index is 10.6. The smallest absolute Gasteiger partial charge is 0.123 e. The van der Waals surface area contributed by atoms with Crippen LogP contribution in [0.1, 0.15) is 78.0 Å². The average Bonchev–Trinajstić information content (AvgIpc) is 2.28. The maximum atomic E-state index is 10.6. The molecule has 1 radical (unpaired) electrons. The van der Waals surface area contributed by atoms with Crippen LogP contribution >= 0.6 is 0 Å². The minimum absolute atomic E-state index is 0.0369. The normalized spacial score (nSPS) is 12.8. The molecule has 0 aliphatic carbocycles. The predicted molar refractivity (Wildman–Crippen MR) is 88.4 cm³/mol.